The van der Waals surface area contributed by atoms with Crippen LogP contribution in [0.3, 0.4) is 0 Å². The Labute approximate surface area is 67.4 Å². The standard InChI is InChI=1S/C5H12Cl2OSi/c1-3-8-9(2,4-6)5-7/h3-5H2,1-2H3. The molecule has 1 nitrogen and oxygen atoms in total. The number of hydrogen-bond acceptors (Lipinski definition) is 1. The minimum Gasteiger partial charge on any atom is -0.415 e. The molecule has 0 saturated carbocycles. The lowest BCUT2D eigenvalue weighted by Gasteiger charge is -2.20. The third kappa shape index (κ3) is 3.46. The van der Waals surface area contributed by atoms with E-state index in [-0.39, 0.29) is 0 Å². The molecule has 0 unspecified atom stereocenters. The van der Waals surface area contributed by atoms with Crippen LogP contribution in [0.15, 0.2) is 0 Å². The minimum absolute atomic E-state index is 0.588. The molecule has 9 heavy (non-hydrogen) atoms. The zero-order chi connectivity index (χ0) is 7.33. The summed E-state index contributed by atoms with van der Waals surface area (Å²) >= 11 is 11.3. The predicted molar refractivity (Wildman–Crippen MR) is 44.7 cm³/mol. The van der Waals surface area contributed by atoms with E-state index in [0.717, 1.165) is 6.61 Å². The van der Waals surface area contributed by atoms with Gasteiger partial charge in [0, 0.05) is 17.6 Å². The van der Waals surface area contributed by atoms with Crippen molar-refractivity contribution in [2.45, 2.75) is 13.5 Å². The van der Waals surface area contributed by atoms with Gasteiger partial charge >= 0.3 is 0 Å². The monoisotopic (exact) mass is 186 g/mol. The molecular weight excluding hydrogens is 175 g/mol. The molecule has 0 aromatic rings. The summed E-state index contributed by atoms with van der Waals surface area (Å²) in [6, 6.07) is 0. The zero-order valence-electron chi connectivity index (χ0n) is 5.79. The van der Waals surface area contributed by atoms with E-state index >= 15 is 0 Å². The van der Waals surface area contributed by atoms with Crippen molar-refractivity contribution in [3.05, 3.63) is 0 Å². The highest BCUT2D eigenvalue weighted by Crippen LogP contribution is 2.08. The highest BCUT2D eigenvalue weighted by molar-refractivity contribution is 6.83. The molecule has 0 rings (SSSR count). The molecule has 0 N–H and O–H groups in total. The molecule has 0 heterocycles. The van der Waals surface area contributed by atoms with E-state index in [4.69, 9.17) is 27.6 Å². The molecule has 0 aromatic heterocycles. The van der Waals surface area contributed by atoms with Gasteiger partial charge < -0.3 is 4.43 Å². The highest BCUT2D eigenvalue weighted by atomic mass is 35.5. The Balaban J connectivity index is 3.62. The number of halogens is 2. The molecule has 0 aromatic carbocycles. The van der Waals surface area contributed by atoms with Crippen molar-refractivity contribution in [2.75, 3.05) is 17.6 Å². The first-order valence-corrected chi connectivity index (χ1v) is 6.83. The Morgan fingerprint density at radius 1 is 1.33 bits per heavy atom. The normalized spacial score (nSPS) is 12.0. The molecule has 56 valence electrons. The molecule has 0 bridgehead atoms. The number of hydrogen-bond donors (Lipinski definition) is 0. The quantitative estimate of drug-likeness (QED) is 0.484. The molecule has 0 aliphatic carbocycles. The Hall–Kier alpha value is 0.757. The molecule has 0 saturated heterocycles. The van der Waals surface area contributed by atoms with Crippen LogP contribution < -0.4 is 0 Å². The van der Waals surface area contributed by atoms with E-state index in [1.165, 1.54) is 0 Å². The van der Waals surface area contributed by atoms with Gasteiger partial charge in [-0.15, -0.1) is 23.2 Å². The summed E-state index contributed by atoms with van der Waals surface area (Å²) in [6.07, 6.45) is 0. The van der Waals surface area contributed by atoms with E-state index in [0.29, 0.717) is 11.0 Å². The Kier molecular flexibility index (Phi) is 4.94. The maximum absolute atomic E-state index is 5.64. The van der Waals surface area contributed by atoms with Gasteiger partial charge in [0.1, 0.15) is 0 Å². The lowest BCUT2D eigenvalue weighted by molar-refractivity contribution is 0.332. The summed E-state index contributed by atoms with van der Waals surface area (Å²) in [5, 5.41) is 0. The highest BCUT2D eigenvalue weighted by Gasteiger charge is 2.25. The zero-order valence-corrected chi connectivity index (χ0v) is 8.30. The minimum atomic E-state index is -1.67. The van der Waals surface area contributed by atoms with Gasteiger partial charge in [-0.05, 0) is 13.5 Å². The van der Waals surface area contributed by atoms with E-state index < -0.39 is 8.32 Å². The topological polar surface area (TPSA) is 9.23 Å². The van der Waals surface area contributed by atoms with Crippen molar-refractivity contribution in [3.63, 3.8) is 0 Å². The average Bonchev–Trinajstić information content (AvgIpc) is 1.89. The van der Waals surface area contributed by atoms with Crippen LogP contribution in [0.25, 0.3) is 0 Å². The van der Waals surface area contributed by atoms with Crippen LogP contribution >= 0.6 is 23.2 Å². The van der Waals surface area contributed by atoms with Gasteiger partial charge in [0.15, 0.2) is 0 Å². The fourth-order valence-electron chi connectivity index (χ4n) is 0.461. The average molecular weight is 187 g/mol. The molecule has 0 aliphatic rings. The lowest BCUT2D eigenvalue weighted by atomic mass is 10.9. The van der Waals surface area contributed by atoms with Crippen molar-refractivity contribution >= 4 is 31.5 Å². The van der Waals surface area contributed by atoms with Crippen LogP contribution in [-0.4, -0.2) is 25.9 Å². The van der Waals surface area contributed by atoms with Gasteiger partial charge in [0.2, 0.25) is 8.32 Å². The maximum Gasteiger partial charge on any atom is 0.218 e. The molecule has 0 fully saturated rings. The first kappa shape index (κ1) is 9.76. The third-order valence-electron chi connectivity index (χ3n) is 1.06. The molecule has 4 heteroatoms. The van der Waals surface area contributed by atoms with Gasteiger partial charge in [-0.25, -0.2) is 0 Å². The smallest absolute Gasteiger partial charge is 0.218 e. The lowest BCUT2D eigenvalue weighted by Crippen LogP contribution is -2.40. The van der Waals surface area contributed by atoms with Gasteiger partial charge in [-0.3, -0.25) is 0 Å². The van der Waals surface area contributed by atoms with Crippen molar-refractivity contribution in [3.8, 4) is 0 Å². The first-order chi connectivity index (χ1) is 4.18. The van der Waals surface area contributed by atoms with Crippen LogP contribution in [0.2, 0.25) is 6.55 Å². The van der Waals surface area contributed by atoms with Crippen LogP contribution in [0.4, 0.5) is 0 Å². The number of rotatable bonds is 4. The van der Waals surface area contributed by atoms with Gasteiger partial charge in [-0.2, -0.15) is 0 Å². The van der Waals surface area contributed by atoms with E-state index in [1.807, 2.05) is 13.5 Å². The second-order valence-electron chi connectivity index (χ2n) is 2.15. The van der Waals surface area contributed by atoms with Gasteiger partial charge in [-0.1, -0.05) is 0 Å². The fourth-order valence-corrected chi connectivity index (χ4v) is 2.70. The third-order valence-corrected chi connectivity index (χ3v) is 6.57. The summed E-state index contributed by atoms with van der Waals surface area (Å²) < 4.78 is 5.40. The van der Waals surface area contributed by atoms with Crippen molar-refractivity contribution in [1.29, 1.82) is 0 Å². The SMILES string of the molecule is CCO[Si](C)(CCl)CCl. The summed E-state index contributed by atoms with van der Waals surface area (Å²) in [5.41, 5.74) is 1.18. The van der Waals surface area contributed by atoms with Gasteiger partial charge in [0.05, 0.1) is 0 Å². The van der Waals surface area contributed by atoms with Crippen LogP contribution in [0, 0.1) is 0 Å². The largest absolute Gasteiger partial charge is 0.415 e. The summed E-state index contributed by atoms with van der Waals surface area (Å²) in [5.74, 6) is 0. The summed E-state index contributed by atoms with van der Waals surface area (Å²) in [6.45, 7) is 4.73. The molecule has 0 aliphatic heterocycles. The molecule has 0 amide bonds. The van der Waals surface area contributed by atoms with E-state index in [2.05, 4.69) is 0 Å². The van der Waals surface area contributed by atoms with Crippen LogP contribution in [0.5, 0.6) is 0 Å². The molecular formula is C5H12Cl2OSi. The van der Waals surface area contributed by atoms with Crippen LogP contribution in [0.1, 0.15) is 6.92 Å². The Bertz CT molecular complexity index is 75.4. The van der Waals surface area contributed by atoms with Crippen molar-refractivity contribution in [1.82, 2.24) is 0 Å². The van der Waals surface area contributed by atoms with Gasteiger partial charge in [0.25, 0.3) is 0 Å². The molecule has 0 atom stereocenters. The predicted octanol–water partition coefficient (Wildman–Crippen LogP) is 2.15. The summed E-state index contributed by atoms with van der Waals surface area (Å²) in [4.78, 5) is 0. The van der Waals surface area contributed by atoms with E-state index in [9.17, 15) is 0 Å². The Morgan fingerprint density at radius 2 is 1.78 bits per heavy atom. The van der Waals surface area contributed by atoms with E-state index in [1.54, 1.807) is 0 Å². The second-order valence-corrected chi connectivity index (χ2v) is 7.48. The second kappa shape index (κ2) is 4.55. The first-order valence-electron chi connectivity index (χ1n) is 2.94. The number of alkyl halides is 2. The van der Waals surface area contributed by atoms with Crippen LogP contribution in [-0.2, 0) is 4.43 Å². The summed E-state index contributed by atoms with van der Waals surface area (Å²) in [7, 11) is -1.67. The molecule has 0 spiro atoms. The fraction of sp³-hybridized carbons (Fsp3) is 1.00. The Morgan fingerprint density at radius 3 is 1.89 bits per heavy atom. The molecule has 0 radical (unpaired) electrons. The van der Waals surface area contributed by atoms with Crippen molar-refractivity contribution in [2.24, 2.45) is 0 Å². The van der Waals surface area contributed by atoms with Crippen molar-refractivity contribution < 1.29 is 4.43 Å². The maximum atomic E-state index is 5.64.